The van der Waals surface area contributed by atoms with E-state index in [1.807, 2.05) is 0 Å². The number of ether oxygens (including phenoxy) is 1. The van der Waals surface area contributed by atoms with Gasteiger partial charge in [-0.3, -0.25) is 4.90 Å². The molecule has 0 radical (unpaired) electrons. The maximum absolute atomic E-state index is 12.0. The maximum atomic E-state index is 12.0. The predicted molar refractivity (Wildman–Crippen MR) is 73.6 cm³/mol. The van der Waals surface area contributed by atoms with E-state index < -0.39 is 11.7 Å². The Morgan fingerprint density at radius 2 is 1.95 bits per heavy atom. The van der Waals surface area contributed by atoms with Crippen LogP contribution >= 0.6 is 0 Å². The summed E-state index contributed by atoms with van der Waals surface area (Å²) in [6, 6.07) is 6.84. The molecule has 0 unspecified atom stereocenters. The van der Waals surface area contributed by atoms with Gasteiger partial charge < -0.3 is 15.7 Å². The Labute approximate surface area is 112 Å². The van der Waals surface area contributed by atoms with Gasteiger partial charge in [0, 0.05) is 12.6 Å². The van der Waals surface area contributed by atoms with Gasteiger partial charge >= 0.3 is 6.09 Å². The summed E-state index contributed by atoms with van der Waals surface area (Å²) in [5.74, 6) is -0.0639. The first-order valence-electron chi connectivity index (χ1n) is 5.80. The molecule has 3 N–H and O–H groups in total. The zero-order chi connectivity index (χ0) is 14.6. The molecule has 0 fully saturated rings. The number of anilines is 1. The van der Waals surface area contributed by atoms with Crippen LogP contribution in [0.25, 0.3) is 0 Å². The Morgan fingerprint density at radius 1 is 1.37 bits per heavy atom. The van der Waals surface area contributed by atoms with Crippen LogP contribution in [0.3, 0.4) is 0 Å². The number of amides is 1. The van der Waals surface area contributed by atoms with Crippen LogP contribution in [0.1, 0.15) is 26.3 Å². The molecule has 0 aliphatic carbocycles. The van der Waals surface area contributed by atoms with Gasteiger partial charge in [-0.1, -0.05) is 17.3 Å². The minimum atomic E-state index is -0.586. The highest BCUT2D eigenvalue weighted by Gasteiger charge is 2.22. The van der Waals surface area contributed by atoms with Crippen LogP contribution in [0, 0.1) is 0 Å². The monoisotopic (exact) mass is 265 g/mol. The first-order chi connectivity index (χ1) is 8.76. The van der Waals surface area contributed by atoms with E-state index in [9.17, 15) is 4.79 Å². The highest BCUT2D eigenvalue weighted by Crippen LogP contribution is 2.21. The largest absolute Gasteiger partial charge is 0.443 e. The van der Waals surface area contributed by atoms with Gasteiger partial charge in [0.15, 0.2) is 5.84 Å². The summed E-state index contributed by atoms with van der Waals surface area (Å²) in [7, 11) is 1.57. The van der Waals surface area contributed by atoms with E-state index in [-0.39, 0.29) is 5.84 Å². The van der Waals surface area contributed by atoms with Crippen LogP contribution in [0.2, 0.25) is 0 Å². The molecule has 0 aliphatic heterocycles. The van der Waals surface area contributed by atoms with E-state index in [4.69, 9.17) is 15.7 Å². The first kappa shape index (κ1) is 14.8. The van der Waals surface area contributed by atoms with Crippen molar-refractivity contribution in [2.24, 2.45) is 10.9 Å². The highest BCUT2D eigenvalue weighted by atomic mass is 16.6. The second kappa shape index (κ2) is 5.60. The Morgan fingerprint density at radius 3 is 2.47 bits per heavy atom. The molecule has 0 spiro atoms. The van der Waals surface area contributed by atoms with Gasteiger partial charge in [0.1, 0.15) is 5.60 Å². The van der Waals surface area contributed by atoms with Gasteiger partial charge in [-0.15, -0.1) is 0 Å². The molecule has 1 amide bonds. The molecule has 6 nitrogen and oxygen atoms in total. The lowest BCUT2D eigenvalue weighted by Gasteiger charge is -2.25. The van der Waals surface area contributed by atoms with Crippen LogP contribution in [-0.2, 0) is 4.74 Å². The van der Waals surface area contributed by atoms with Gasteiger partial charge in [0.2, 0.25) is 0 Å². The van der Waals surface area contributed by atoms with E-state index >= 15 is 0 Å². The fraction of sp³-hybridized carbons (Fsp3) is 0.385. The van der Waals surface area contributed by atoms with Gasteiger partial charge in [-0.05, 0) is 32.9 Å². The fourth-order valence-electron chi connectivity index (χ4n) is 1.47. The summed E-state index contributed by atoms with van der Waals surface area (Å²) in [6.45, 7) is 5.36. The SMILES string of the molecule is CN(C(=O)OC(C)(C)C)c1ccccc1C(N)=NO. The van der Waals surface area contributed by atoms with E-state index in [1.54, 1.807) is 52.1 Å². The van der Waals surface area contributed by atoms with Gasteiger partial charge in [-0.25, -0.2) is 4.79 Å². The van der Waals surface area contributed by atoms with Crippen LogP contribution < -0.4 is 10.6 Å². The van der Waals surface area contributed by atoms with Crippen molar-refractivity contribution in [3.8, 4) is 0 Å². The van der Waals surface area contributed by atoms with Crippen molar-refractivity contribution in [1.82, 2.24) is 0 Å². The molecule has 0 aliphatic rings. The number of oxime groups is 1. The number of amidine groups is 1. The number of carbonyl (C=O) groups is 1. The van der Waals surface area contributed by atoms with Crippen molar-refractivity contribution in [3.05, 3.63) is 29.8 Å². The molecule has 0 atom stereocenters. The normalized spacial score (nSPS) is 12.1. The van der Waals surface area contributed by atoms with Crippen molar-refractivity contribution in [1.29, 1.82) is 0 Å². The number of nitrogens with zero attached hydrogens (tertiary/aromatic N) is 2. The lowest BCUT2D eigenvalue weighted by molar-refractivity contribution is 0.0589. The summed E-state index contributed by atoms with van der Waals surface area (Å²) < 4.78 is 5.27. The maximum Gasteiger partial charge on any atom is 0.414 e. The lowest BCUT2D eigenvalue weighted by atomic mass is 10.1. The van der Waals surface area contributed by atoms with Gasteiger partial charge in [-0.2, -0.15) is 0 Å². The van der Waals surface area contributed by atoms with Crippen molar-refractivity contribution in [2.75, 3.05) is 11.9 Å². The van der Waals surface area contributed by atoms with Crippen LogP contribution in [0.15, 0.2) is 29.4 Å². The number of hydrogen-bond donors (Lipinski definition) is 2. The number of hydrogen-bond acceptors (Lipinski definition) is 4. The number of benzene rings is 1. The second-order valence-electron chi connectivity index (χ2n) is 5.04. The molecular weight excluding hydrogens is 246 g/mol. The Balaban J connectivity index is 3.07. The van der Waals surface area contributed by atoms with E-state index in [0.717, 1.165) is 0 Å². The fourth-order valence-corrected chi connectivity index (χ4v) is 1.47. The molecule has 0 heterocycles. The molecule has 1 rings (SSSR count). The Hall–Kier alpha value is -2.24. The van der Waals surface area contributed by atoms with E-state index in [1.165, 1.54) is 4.90 Å². The topological polar surface area (TPSA) is 88.2 Å². The molecule has 1 aromatic rings. The summed E-state index contributed by atoms with van der Waals surface area (Å²) in [6.07, 6.45) is -0.509. The quantitative estimate of drug-likeness (QED) is 0.371. The van der Waals surface area contributed by atoms with Crippen molar-refractivity contribution in [3.63, 3.8) is 0 Å². The third kappa shape index (κ3) is 3.87. The third-order valence-electron chi connectivity index (χ3n) is 2.32. The molecule has 104 valence electrons. The zero-order valence-electron chi connectivity index (χ0n) is 11.5. The standard InChI is InChI=1S/C13H19N3O3/c1-13(2,3)19-12(17)16(4)10-8-6-5-7-9(10)11(14)15-18/h5-8,18H,1-4H3,(H2,14,15). The van der Waals surface area contributed by atoms with Crippen molar-refractivity contribution >= 4 is 17.6 Å². The molecule has 0 bridgehead atoms. The number of para-hydroxylation sites is 1. The van der Waals surface area contributed by atoms with Crippen LogP contribution in [0.5, 0.6) is 0 Å². The zero-order valence-corrected chi connectivity index (χ0v) is 11.5. The molecule has 0 saturated heterocycles. The molecule has 0 saturated carbocycles. The number of nitrogens with two attached hydrogens (primary N) is 1. The molecule has 19 heavy (non-hydrogen) atoms. The second-order valence-corrected chi connectivity index (χ2v) is 5.04. The highest BCUT2D eigenvalue weighted by molar-refractivity contribution is 6.05. The molecular formula is C13H19N3O3. The smallest absolute Gasteiger partial charge is 0.414 e. The van der Waals surface area contributed by atoms with Crippen LogP contribution in [0.4, 0.5) is 10.5 Å². The average molecular weight is 265 g/mol. The Kier molecular flexibility index (Phi) is 4.37. The van der Waals surface area contributed by atoms with Crippen molar-refractivity contribution in [2.45, 2.75) is 26.4 Å². The number of rotatable bonds is 2. The molecule has 1 aromatic carbocycles. The third-order valence-corrected chi connectivity index (χ3v) is 2.32. The number of carbonyl (C=O) groups excluding carboxylic acids is 1. The summed E-state index contributed by atoms with van der Waals surface area (Å²) in [5.41, 5.74) is 5.96. The average Bonchev–Trinajstić information content (AvgIpc) is 2.35. The Bertz CT molecular complexity index is 492. The van der Waals surface area contributed by atoms with E-state index in [2.05, 4.69) is 5.16 Å². The molecule has 0 aromatic heterocycles. The summed E-state index contributed by atoms with van der Waals surface area (Å²) >= 11 is 0. The van der Waals surface area contributed by atoms with Crippen LogP contribution in [-0.4, -0.2) is 29.8 Å². The molecule has 6 heteroatoms. The summed E-state index contributed by atoms with van der Waals surface area (Å²) in [5, 5.41) is 11.7. The van der Waals surface area contributed by atoms with E-state index in [0.29, 0.717) is 11.3 Å². The minimum Gasteiger partial charge on any atom is -0.443 e. The summed E-state index contributed by atoms with van der Waals surface area (Å²) in [4.78, 5) is 13.3. The lowest BCUT2D eigenvalue weighted by Crippen LogP contribution is -2.35. The van der Waals surface area contributed by atoms with Crippen molar-refractivity contribution < 1.29 is 14.7 Å². The van der Waals surface area contributed by atoms with Gasteiger partial charge in [0.25, 0.3) is 0 Å². The van der Waals surface area contributed by atoms with Gasteiger partial charge in [0.05, 0.1) is 5.69 Å². The minimum absolute atomic E-state index is 0.0639. The first-order valence-corrected chi connectivity index (χ1v) is 5.80. The predicted octanol–water partition coefficient (Wildman–Crippen LogP) is 2.15.